The van der Waals surface area contributed by atoms with E-state index in [1.807, 2.05) is 0 Å². The molecule has 0 saturated heterocycles. The summed E-state index contributed by atoms with van der Waals surface area (Å²) < 4.78 is 0. The van der Waals surface area contributed by atoms with Gasteiger partial charge in [0, 0.05) is 31.2 Å². The summed E-state index contributed by atoms with van der Waals surface area (Å²) in [6.45, 7) is 0. The molecule has 4 rings (SSSR count). The Morgan fingerprint density at radius 2 is 0.951 bits per heavy atom. The Morgan fingerprint density at radius 3 is 1.29 bits per heavy atom. The van der Waals surface area contributed by atoms with E-state index in [9.17, 15) is 19.8 Å². The van der Waals surface area contributed by atoms with Crippen molar-refractivity contribution in [2.24, 2.45) is 10.2 Å². The molecule has 212 valence electrons. The molecule has 0 unspecified atom stereocenters. The molecule has 2 amide bonds. The fraction of sp³-hybridized carbons (Fsp3) is 0. The number of halogens is 4. The molecule has 0 saturated carbocycles. The number of carbonyl (C=O) groups excluding carboxylic acids is 2. The maximum atomic E-state index is 11.7. The van der Waals surface area contributed by atoms with Crippen LogP contribution in [0.15, 0.2) is 95.1 Å². The topological polar surface area (TPSA) is 129 Å². The zero-order valence-electron chi connectivity index (χ0n) is 20.6. The Morgan fingerprint density at radius 1 is 0.610 bits per heavy atom. The minimum Gasteiger partial charge on any atom is -0.871 e. The molecule has 4 aromatic carbocycles. The van der Waals surface area contributed by atoms with Crippen LogP contribution in [0, 0.1) is 0 Å². The van der Waals surface area contributed by atoms with E-state index in [0.717, 1.165) is 0 Å². The van der Waals surface area contributed by atoms with Crippen LogP contribution < -0.4 is 21.1 Å². The Kier molecular flexibility index (Phi) is 13.6. The van der Waals surface area contributed by atoms with Gasteiger partial charge in [0.05, 0.1) is 12.4 Å². The Labute approximate surface area is 265 Å². The minimum atomic E-state index is -0.395. The van der Waals surface area contributed by atoms with Crippen molar-refractivity contribution in [3.63, 3.8) is 0 Å². The van der Waals surface area contributed by atoms with Crippen LogP contribution in [0.25, 0.3) is 0 Å². The van der Waals surface area contributed by atoms with Crippen molar-refractivity contribution in [1.82, 2.24) is 10.9 Å². The van der Waals surface area contributed by atoms with Crippen LogP contribution in [0.4, 0.5) is 0 Å². The summed E-state index contributed by atoms with van der Waals surface area (Å²) in [5.74, 6) is -1.53. The summed E-state index contributed by atoms with van der Waals surface area (Å²) in [5.41, 5.74) is 5.98. The van der Waals surface area contributed by atoms with Gasteiger partial charge in [-0.15, -0.1) is 0 Å². The van der Waals surface area contributed by atoms with Gasteiger partial charge in [0.1, 0.15) is 0 Å². The van der Waals surface area contributed by atoms with Crippen molar-refractivity contribution in [3.8, 4) is 11.5 Å². The summed E-state index contributed by atoms with van der Waals surface area (Å²) in [6, 6.07) is 22.7. The maximum absolute atomic E-state index is 11.7. The van der Waals surface area contributed by atoms with Crippen LogP contribution in [0.2, 0.25) is 20.1 Å². The van der Waals surface area contributed by atoms with Gasteiger partial charge in [-0.25, -0.2) is 10.9 Å². The monoisotopic (exact) mass is 672 g/mol. The summed E-state index contributed by atoms with van der Waals surface area (Å²) in [4.78, 5) is 23.4. The third-order valence-corrected chi connectivity index (χ3v) is 5.88. The third-order valence-electron chi connectivity index (χ3n) is 4.89. The molecule has 4 aromatic rings. The van der Waals surface area contributed by atoms with E-state index >= 15 is 0 Å². The molecule has 13 heteroatoms. The number of carbonyl (C=O) groups is 2. The van der Waals surface area contributed by atoms with Crippen molar-refractivity contribution in [2.45, 2.75) is 0 Å². The maximum Gasteiger partial charge on any atom is 2.00 e. The molecule has 0 aromatic heterocycles. The van der Waals surface area contributed by atoms with E-state index in [1.165, 1.54) is 36.7 Å². The molecule has 41 heavy (non-hydrogen) atoms. The first-order valence-electron chi connectivity index (χ1n) is 11.2. The van der Waals surface area contributed by atoms with Crippen molar-refractivity contribution in [2.75, 3.05) is 0 Å². The second kappa shape index (κ2) is 16.6. The summed E-state index contributed by atoms with van der Waals surface area (Å²) in [6.07, 6.45) is 2.42. The molecule has 0 bridgehead atoms. The van der Waals surface area contributed by atoms with E-state index in [-0.39, 0.29) is 49.5 Å². The molecular formula is C28H18Cl4N4NiO4. The second-order valence-corrected chi connectivity index (χ2v) is 9.43. The first-order chi connectivity index (χ1) is 19.2. The molecule has 8 nitrogen and oxygen atoms in total. The van der Waals surface area contributed by atoms with Gasteiger partial charge in [-0.1, -0.05) is 94.3 Å². The van der Waals surface area contributed by atoms with E-state index in [4.69, 9.17) is 46.4 Å². The SMILES string of the molecule is O=C(N/N=C\c1cc(Cl)cc(Cl)c1[O-])c1ccccc1.O=C(N/N=C\c1cc(Cl)cc(Cl)c1[O-])c1ccccc1.[Ni+2]. The quantitative estimate of drug-likeness (QED) is 0.155. The largest absolute Gasteiger partial charge is 2.00 e. The molecule has 0 aliphatic rings. The molecule has 0 atom stereocenters. The number of hydrogen-bond acceptors (Lipinski definition) is 6. The molecule has 0 spiro atoms. The zero-order valence-corrected chi connectivity index (χ0v) is 24.6. The fourth-order valence-corrected chi connectivity index (χ4v) is 4.00. The number of amides is 2. The first-order valence-corrected chi connectivity index (χ1v) is 12.8. The Hall–Kier alpha value is -3.59. The minimum absolute atomic E-state index is 0. The van der Waals surface area contributed by atoms with Crippen LogP contribution in [0.1, 0.15) is 31.8 Å². The van der Waals surface area contributed by atoms with Gasteiger partial charge in [-0.3, -0.25) is 9.59 Å². The fourth-order valence-electron chi connectivity index (χ4n) is 2.98. The number of hydrogen-bond donors (Lipinski definition) is 2. The molecule has 0 aliphatic carbocycles. The Balaban J connectivity index is 0.000000280. The number of nitrogens with zero attached hydrogens (tertiary/aromatic N) is 2. The zero-order chi connectivity index (χ0) is 29.1. The predicted molar refractivity (Wildman–Crippen MR) is 155 cm³/mol. The molecule has 0 heterocycles. The number of hydrazone groups is 2. The van der Waals surface area contributed by atoms with Gasteiger partial charge < -0.3 is 10.2 Å². The smallest absolute Gasteiger partial charge is 0.871 e. The van der Waals surface area contributed by atoms with Crippen LogP contribution in [0.5, 0.6) is 11.5 Å². The van der Waals surface area contributed by atoms with Crippen LogP contribution in [-0.2, 0) is 16.5 Å². The van der Waals surface area contributed by atoms with Crippen LogP contribution in [-0.4, -0.2) is 24.2 Å². The number of nitrogens with one attached hydrogen (secondary N) is 2. The predicted octanol–water partition coefficient (Wildman–Crippen LogP) is 5.66. The van der Waals surface area contributed by atoms with Crippen molar-refractivity contribution < 1.29 is 36.3 Å². The van der Waals surface area contributed by atoms with Crippen molar-refractivity contribution in [3.05, 3.63) is 127 Å². The number of benzene rings is 4. The van der Waals surface area contributed by atoms with Crippen molar-refractivity contribution >= 4 is 70.6 Å². The summed E-state index contributed by atoms with van der Waals surface area (Å²) in [7, 11) is 0. The van der Waals surface area contributed by atoms with E-state index in [1.54, 1.807) is 60.7 Å². The molecule has 0 fully saturated rings. The first kappa shape index (κ1) is 33.6. The average molecular weight is 675 g/mol. The van der Waals surface area contributed by atoms with Gasteiger partial charge in [-0.05, 0) is 59.7 Å². The molecule has 2 N–H and O–H groups in total. The molecule has 0 aliphatic heterocycles. The van der Waals surface area contributed by atoms with Gasteiger partial charge in [0.25, 0.3) is 11.8 Å². The van der Waals surface area contributed by atoms with Crippen LogP contribution in [0.3, 0.4) is 0 Å². The van der Waals surface area contributed by atoms with Gasteiger partial charge in [0.2, 0.25) is 0 Å². The summed E-state index contributed by atoms with van der Waals surface area (Å²) in [5, 5.41) is 31.4. The standard InChI is InChI=1S/2C14H10Cl2N2O2.Ni/c2*15-11-6-10(13(19)12(16)7-11)8-17-18-14(20)9-4-2-1-3-5-9;/h2*1-8,19H,(H,18,20);/q;;+2/p-2/b2*17-8-;. The summed E-state index contributed by atoms with van der Waals surface area (Å²) >= 11 is 23.0. The molecule has 0 radical (unpaired) electrons. The van der Waals surface area contributed by atoms with E-state index in [0.29, 0.717) is 21.2 Å². The normalized spacial score (nSPS) is 10.4. The number of rotatable bonds is 6. The Bertz CT molecular complexity index is 1440. The third kappa shape index (κ3) is 10.4. The van der Waals surface area contributed by atoms with Crippen LogP contribution >= 0.6 is 46.4 Å². The van der Waals surface area contributed by atoms with Gasteiger partial charge >= 0.3 is 16.5 Å². The van der Waals surface area contributed by atoms with E-state index < -0.39 is 11.5 Å². The van der Waals surface area contributed by atoms with E-state index in [2.05, 4.69) is 21.1 Å². The van der Waals surface area contributed by atoms with Gasteiger partial charge in [-0.2, -0.15) is 10.2 Å². The van der Waals surface area contributed by atoms with Crippen molar-refractivity contribution in [1.29, 1.82) is 0 Å². The second-order valence-electron chi connectivity index (χ2n) is 7.74. The molecular weight excluding hydrogens is 657 g/mol. The van der Waals surface area contributed by atoms with Gasteiger partial charge in [0.15, 0.2) is 0 Å². The average Bonchev–Trinajstić information content (AvgIpc) is 2.95.